The molecule has 0 bridgehead atoms. The van der Waals surface area contributed by atoms with E-state index in [9.17, 15) is 4.79 Å². The fourth-order valence-electron chi connectivity index (χ4n) is 2.01. The van der Waals surface area contributed by atoms with Crippen molar-refractivity contribution in [1.82, 2.24) is 0 Å². The fourth-order valence-corrected chi connectivity index (χ4v) is 2.71. The molecule has 1 atom stereocenters. The summed E-state index contributed by atoms with van der Waals surface area (Å²) in [5, 5.41) is 5.72. The van der Waals surface area contributed by atoms with Crippen molar-refractivity contribution in [3.63, 3.8) is 0 Å². The molecule has 102 valence electrons. The number of thiophene rings is 1. The van der Waals surface area contributed by atoms with E-state index in [2.05, 4.69) is 10.0 Å². The maximum atomic E-state index is 12.1. The molecule has 0 saturated carbocycles. The zero-order chi connectivity index (χ0) is 14.4. The van der Waals surface area contributed by atoms with E-state index in [1.807, 2.05) is 36.6 Å². The summed E-state index contributed by atoms with van der Waals surface area (Å²) in [7, 11) is 0. The van der Waals surface area contributed by atoms with Gasteiger partial charge in [0.1, 0.15) is 0 Å². The third-order valence-corrected chi connectivity index (χ3v) is 3.99. The molecule has 20 heavy (non-hydrogen) atoms. The van der Waals surface area contributed by atoms with E-state index in [1.165, 1.54) is 0 Å². The quantitative estimate of drug-likeness (QED) is 0.321. The Labute approximate surface area is 121 Å². The smallest absolute Gasteiger partial charge is 0.168 e. The van der Waals surface area contributed by atoms with Gasteiger partial charge in [-0.3, -0.25) is 4.79 Å². The molecular formula is C15H15N3OS. The molecule has 0 fully saturated rings. The molecular weight excluding hydrogens is 270 g/mol. The van der Waals surface area contributed by atoms with Gasteiger partial charge in [0, 0.05) is 21.8 Å². The van der Waals surface area contributed by atoms with Crippen LogP contribution in [0.4, 0.5) is 0 Å². The third-order valence-electron chi connectivity index (χ3n) is 3.11. The summed E-state index contributed by atoms with van der Waals surface area (Å²) in [4.78, 5) is 16.0. The Bertz CT molecular complexity index is 613. The Hall–Kier alpha value is -2.10. The van der Waals surface area contributed by atoms with Gasteiger partial charge in [0.15, 0.2) is 5.78 Å². The van der Waals surface area contributed by atoms with Crippen LogP contribution in [0.3, 0.4) is 0 Å². The lowest BCUT2D eigenvalue weighted by atomic mass is 10.0. The molecule has 0 radical (unpaired) electrons. The lowest BCUT2D eigenvalue weighted by Crippen LogP contribution is -2.03. The van der Waals surface area contributed by atoms with Crippen LogP contribution in [0.15, 0.2) is 46.9 Å². The highest BCUT2D eigenvalue weighted by atomic mass is 32.1. The van der Waals surface area contributed by atoms with Crippen molar-refractivity contribution in [1.29, 1.82) is 0 Å². The van der Waals surface area contributed by atoms with Crippen LogP contribution in [0.25, 0.3) is 10.4 Å². The summed E-state index contributed by atoms with van der Waals surface area (Å²) in [5.74, 6) is 0.107. The van der Waals surface area contributed by atoms with Crippen LogP contribution in [0.2, 0.25) is 0 Å². The van der Waals surface area contributed by atoms with Gasteiger partial charge in [-0.25, -0.2) is 0 Å². The topological polar surface area (TPSA) is 65.8 Å². The average Bonchev–Trinajstić information content (AvgIpc) is 2.98. The predicted octanol–water partition coefficient (Wildman–Crippen LogP) is 4.93. The predicted molar refractivity (Wildman–Crippen MR) is 81.0 cm³/mol. The van der Waals surface area contributed by atoms with Gasteiger partial charge in [0.2, 0.25) is 0 Å². The number of nitrogens with zero attached hydrogens (tertiary/aromatic N) is 3. The second kappa shape index (κ2) is 6.89. The minimum atomic E-state index is -0.165. The van der Waals surface area contributed by atoms with E-state index in [0.717, 1.165) is 16.9 Å². The summed E-state index contributed by atoms with van der Waals surface area (Å²) in [6, 6.07) is 11.1. The number of Topliss-reactive ketones (excluding diaryl/α,β-unsaturated/α-hetero) is 1. The minimum absolute atomic E-state index is 0.107. The van der Waals surface area contributed by atoms with Crippen LogP contribution in [-0.2, 0) is 6.42 Å². The molecule has 2 rings (SSSR count). The van der Waals surface area contributed by atoms with Gasteiger partial charge in [-0.15, -0.1) is 11.3 Å². The summed E-state index contributed by atoms with van der Waals surface area (Å²) < 4.78 is 0. The largest absolute Gasteiger partial charge is 0.294 e. The molecule has 0 saturated heterocycles. The molecule has 0 amide bonds. The van der Waals surface area contributed by atoms with Gasteiger partial charge in [0.25, 0.3) is 0 Å². The highest BCUT2D eigenvalue weighted by Crippen LogP contribution is 2.22. The molecule has 1 unspecified atom stereocenters. The van der Waals surface area contributed by atoms with Crippen molar-refractivity contribution in [2.45, 2.75) is 25.8 Å². The minimum Gasteiger partial charge on any atom is -0.294 e. The molecule has 4 nitrogen and oxygen atoms in total. The zero-order valence-corrected chi connectivity index (χ0v) is 12.0. The summed E-state index contributed by atoms with van der Waals surface area (Å²) in [6.07, 6.45) is 1.18. The SMILES string of the molecule is CCC(N=[N+]=[N-])c1ccc(C(=O)Cc2cccs2)cc1. The summed E-state index contributed by atoms with van der Waals surface area (Å²) in [5.41, 5.74) is 10.2. The molecule has 0 aliphatic rings. The Kier molecular flexibility index (Phi) is 4.93. The summed E-state index contributed by atoms with van der Waals surface area (Å²) >= 11 is 1.59. The fraction of sp³-hybridized carbons (Fsp3) is 0.267. The third kappa shape index (κ3) is 3.47. The maximum absolute atomic E-state index is 12.1. The number of hydrogen-bond acceptors (Lipinski definition) is 3. The molecule has 1 aromatic heterocycles. The first-order valence-electron chi connectivity index (χ1n) is 6.44. The van der Waals surface area contributed by atoms with Crippen molar-refractivity contribution >= 4 is 17.1 Å². The molecule has 0 spiro atoms. The average molecular weight is 285 g/mol. The van der Waals surface area contributed by atoms with Gasteiger partial charge < -0.3 is 0 Å². The first-order valence-corrected chi connectivity index (χ1v) is 7.32. The van der Waals surface area contributed by atoms with E-state index >= 15 is 0 Å². The number of azide groups is 1. The molecule has 1 heterocycles. The van der Waals surface area contributed by atoms with Crippen LogP contribution in [0.5, 0.6) is 0 Å². The number of carbonyl (C=O) groups excluding carboxylic acids is 1. The molecule has 1 aromatic carbocycles. The van der Waals surface area contributed by atoms with E-state index < -0.39 is 0 Å². The monoisotopic (exact) mass is 285 g/mol. The van der Waals surface area contributed by atoms with Crippen LogP contribution in [0, 0.1) is 0 Å². The number of hydrogen-bond donors (Lipinski definition) is 0. The van der Waals surface area contributed by atoms with Crippen LogP contribution < -0.4 is 0 Å². The first kappa shape index (κ1) is 14.3. The number of carbonyl (C=O) groups is 1. The highest BCUT2D eigenvalue weighted by molar-refractivity contribution is 7.10. The van der Waals surface area contributed by atoms with Gasteiger partial charge in [0.05, 0.1) is 6.04 Å². The van der Waals surface area contributed by atoms with Gasteiger partial charge in [-0.2, -0.15) is 0 Å². The Morgan fingerprint density at radius 3 is 2.65 bits per heavy atom. The number of rotatable bonds is 6. The Morgan fingerprint density at radius 1 is 1.35 bits per heavy atom. The zero-order valence-electron chi connectivity index (χ0n) is 11.2. The van der Waals surface area contributed by atoms with Crippen molar-refractivity contribution in [3.8, 4) is 0 Å². The van der Waals surface area contributed by atoms with Crippen molar-refractivity contribution in [2.75, 3.05) is 0 Å². The second-order valence-corrected chi connectivity index (χ2v) is 5.46. The maximum Gasteiger partial charge on any atom is 0.168 e. The van der Waals surface area contributed by atoms with Crippen LogP contribution in [0.1, 0.15) is 40.2 Å². The van der Waals surface area contributed by atoms with E-state index in [0.29, 0.717) is 12.0 Å². The van der Waals surface area contributed by atoms with E-state index in [4.69, 9.17) is 5.53 Å². The highest BCUT2D eigenvalue weighted by Gasteiger charge is 2.10. The van der Waals surface area contributed by atoms with Crippen LogP contribution >= 0.6 is 11.3 Å². The normalized spacial score (nSPS) is 11.7. The standard InChI is InChI=1S/C15H15N3OS/c1-2-14(17-18-16)11-5-7-12(8-6-11)15(19)10-13-4-3-9-20-13/h3-9,14H,2,10H2,1H3. The van der Waals surface area contributed by atoms with Gasteiger partial charge in [-0.05, 0) is 29.0 Å². The number of ketones is 1. The lowest BCUT2D eigenvalue weighted by molar-refractivity contribution is 0.0994. The molecule has 2 aromatic rings. The van der Waals surface area contributed by atoms with Crippen molar-refractivity contribution in [2.24, 2.45) is 5.11 Å². The Morgan fingerprint density at radius 2 is 2.10 bits per heavy atom. The first-order chi connectivity index (χ1) is 9.74. The molecule has 0 aliphatic carbocycles. The Balaban J connectivity index is 2.11. The number of benzene rings is 1. The van der Waals surface area contributed by atoms with Crippen molar-refractivity contribution in [3.05, 3.63) is 68.2 Å². The second-order valence-electron chi connectivity index (χ2n) is 4.43. The lowest BCUT2D eigenvalue weighted by Gasteiger charge is -2.09. The van der Waals surface area contributed by atoms with Crippen LogP contribution in [-0.4, -0.2) is 5.78 Å². The van der Waals surface area contributed by atoms with Gasteiger partial charge in [-0.1, -0.05) is 42.4 Å². The summed E-state index contributed by atoms with van der Waals surface area (Å²) in [6.45, 7) is 1.97. The molecule has 0 N–H and O–H groups in total. The van der Waals surface area contributed by atoms with Gasteiger partial charge >= 0.3 is 0 Å². The van der Waals surface area contributed by atoms with Crippen molar-refractivity contribution < 1.29 is 4.79 Å². The van der Waals surface area contributed by atoms with E-state index in [-0.39, 0.29) is 11.8 Å². The van der Waals surface area contributed by atoms with E-state index in [1.54, 1.807) is 23.5 Å². The molecule has 5 heteroatoms. The molecule has 0 aliphatic heterocycles.